The average molecular weight is 499 g/mol. The third kappa shape index (κ3) is 4.71. The highest BCUT2D eigenvalue weighted by Crippen LogP contribution is 2.26. The number of halogens is 1. The number of nitrogens with zero attached hydrogens (tertiary/aromatic N) is 3. The topological polar surface area (TPSA) is 61.3 Å². The van der Waals surface area contributed by atoms with Crippen LogP contribution in [0.25, 0.3) is 22.0 Å². The number of carbonyl (C=O) groups excluding carboxylic acids is 1. The molecule has 2 aliphatic heterocycles. The molecule has 4 heterocycles. The summed E-state index contributed by atoms with van der Waals surface area (Å²) in [5.74, 6) is -0.397. The quantitative estimate of drug-likeness (QED) is 0.429. The zero-order chi connectivity index (χ0) is 25.4. The van der Waals surface area contributed by atoms with Gasteiger partial charge in [-0.2, -0.15) is 0 Å². The number of piperidine rings is 1. The van der Waals surface area contributed by atoms with Gasteiger partial charge in [0.1, 0.15) is 5.82 Å². The van der Waals surface area contributed by atoms with E-state index < -0.39 is 0 Å². The molecule has 1 N–H and O–H groups in total. The lowest BCUT2D eigenvalue weighted by Crippen LogP contribution is -2.41. The number of hydrogen-bond acceptors (Lipinski definition) is 3. The Morgan fingerprint density at radius 3 is 2.65 bits per heavy atom. The van der Waals surface area contributed by atoms with Gasteiger partial charge in [-0.25, -0.2) is 4.39 Å². The van der Waals surface area contributed by atoms with Crippen molar-refractivity contribution in [2.24, 2.45) is 0 Å². The summed E-state index contributed by atoms with van der Waals surface area (Å²) < 4.78 is 16.0. The smallest absolute Gasteiger partial charge is 0.258 e. The Hall–Kier alpha value is -3.71. The molecule has 2 aromatic carbocycles. The van der Waals surface area contributed by atoms with Gasteiger partial charge < -0.3 is 19.4 Å². The molecule has 1 saturated heterocycles. The number of nitrogens with one attached hydrogen (secondary N) is 1. The summed E-state index contributed by atoms with van der Waals surface area (Å²) in [5.41, 5.74) is 4.49. The summed E-state index contributed by atoms with van der Waals surface area (Å²) in [6, 6.07) is 15.8. The summed E-state index contributed by atoms with van der Waals surface area (Å²) >= 11 is 0. The van der Waals surface area contributed by atoms with Gasteiger partial charge in [-0.1, -0.05) is 24.6 Å². The molecule has 0 aliphatic carbocycles. The van der Waals surface area contributed by atoms with Gasteiger partial charge >= 0.3 is 0 Å². The highest BCUT2D eigenvalue weighted by Gasteiger charge is 2.26. The van der Waals surface area contributed by atoms with Crippen LogP contribution in [-0.4, -0.2) is 51.4 Å². The zero-order valence-corrected chi connectivity index (χ0v) is 20.9. The highest BCUT2D eigenvalue weighted by molar-refractivity contribution is 5.98. The van der Waals surface area contributed by atoms with Gasteiger partial charge in [-0.3, -0.25) is 9.59 Å². The van der Waals surface area contributed by atoms with Crippen molar-refractivity contribution in [1.29, 1.82) is 0 Å². The molecule has 4 aromatic rings. The fraction of sp³-hybridized carbons (Fsp3) is 0.333. The molecular formula is C30H31FN4O2. The lowest BCUT2D eigenvalue weighted by atomic mass is 9.98. The summed E-state index contributed by atoms with van der Waals surface area (Å²) in [6.07, 6.45) is 6.14. The number of aromatic amines is 1. The van der Waals surface area contributed by atoms with Crippen LogP contribution in [0.5, 0.6) is 0 Å². The van der Waals surface area contributed by atoms with E-state index in [0.29, 0.717) is 42.7 Å². The van der Waals surface area contributed by atoms with E-state index in [4.69, 9.17) is 0 Å². The fourth-order valence-electron chi connectivity index (χ4n) is 5.78. The van der Waals surface area contributed by atoms with Crippen LogP contribution < -0.4 is 5.56 Å². The molecule has 6 rings (SSSR count). The molecule has 0 spiro atoms. The van der Waals surface area contributed by atoms with E-state index in [1.165, 1.54) is 31.4 Å². The largest absolute Gasteiger partial charge is 0.361 e. The van der Waals surface area contributed by atoms with Crippen molar-refractivity contribution < 1.29 is 9.18 Å². The molecule has 7 heteroatoms. The number of amides is 1. The molecule has 0 bridgehead atoms. The standard InChI is InChI=1S/C30H31FN4O2/c31-25-6-4-5-22(17-25)26-18-24-20-34(29(36)23-8-7-21-9-11-32-27(21)19-23)14-10-28(24)35(30(26)37)16-15-33-12-2-1-3-13-33/h4-9,11,17-19,32H,1-3,10,12-16,20H2. The highest BCUT2D eigenvalue weighted by atomic mass is 19.1. The van der Waals surface area contributed by atoms with Crippen LogP contribution in [0.2, 0.25) is 0 Å². The van der Waals surface area contributed by atoms with Crippen molar-refractivity contribution in [2.75, 3.05) is 26.2 Å². The molecule has 37 heavy (non-hydrogen) atoms. The maximum absolute atomic E-state index is 14.1. The summed E-state index contributed by atoms with van der Waals surface area (Å²) in [4.78, 5) is 34.6. The second-order valence-corrected chi connectivity index (χ2v) is 10.2. The van der Waals surface area contributed by atoms with Gasteiger partial charge in [0.15, 0.2) is 0 Å². The predicted octanol–water partition coefficient (Wildman–Crippen LogP) is 4.82. The van der Waals surface area contributed by atoms with E-state index in [1.807, 2.05) is 46.0 Å². The number of aromatic nitrogens is 2. The van der Waals surface area contributed by atoms with Crippen molar-refractivity contribution in [3.8, 4) is 11.1 Å². The Bertz CT molecular complexity index is 1520. The molecule has 0 unspecified atom stereocenters. The Morgan fingerprint density at radius 2 is 1.81 bits per heavy atom. The summed E-state index contributed by atoms with van der Waals surface area (Å²) in [5, 5.41) is 1.07. The minimum Gasteiger partial charge on any atom is -0.361 e. The number of fused-ring (bicyclic) bond motifs is 2. The van der Waals surface area contributed by atoms with Crippen LogP contribution in [-0.2, 0) is 19.5 Å². The Kier molecular flexibility index (Phi) is 6.38. The monoisotopic (exact) mass is 498 g/mol. The summed E-state index contributed by atoms with van der Waals surface area (Å²) in [7, 11) is 0. The molecule has 0 saturated carbocycles. The number of likely N-dealkylation sites (tertiary alicyclic amines) is 1. The zero-order valence-electron chi connectivity index (χ0n) is 20.9. The third-order valence-electron chi connectivity index (χ3n) is 7.78. The van der Waals surface area contributed by atoms with Gasteiger partial charge in [0.2, 0.25) is 0 Å². The lowest BCUT2D eigenvalue weighted by Gasteiger charge is -2.32. The summed E-state index contributed by atoms with van der Waals surface area (Å²) in [6.45, 7) is 4.52. The minimum absolute atomic E-state index is 0.0273. The molecule has 1 amide bonds. The molecule has 1 fully saturated rings. The number of hydrogen-bond donors (Lipinski definition) is 1. The van der Waals surface area contributed by atoms with Crippen LogP contribution in [0.15, 0.2) is 65.6 Å². The van der Waals surface area contributed by atoms with E-state index in [2.05, 4.69) is 9.88 Å². The van der Waals surface area contributed by atoms with Gasteiger partial charge in [0, 0.05) is 61.1 Å². The predicted molar refractivity (Wildman–Crippen MR) is 143 cm³/mol. The van der Waals surface area contributed by atoms with Crippen LogP contribution in [0, 0.1) is 5.82 Å². The van der Waals surface area contributed by atoms with Crippen molar-refractivity contribution in [1.82, 2.24) is 19.4 Å². The number of pyridine rings is 1. The van der Waals surface area contributed by atoms with E-state index in [1.54, 1.807) is 12.1 Å². The first kappa shape index (κ1) is 23.7. The van der Waals surface area contributed by atoms with Crippen molar-refractivity contribution in [2.45, 2.75) is 38.8 Å². The van der Waals surface area contributed by atoms with Crippen LogP contribution in [0.3, 0.4) is 0 Å². The average Bonchev–Trinajstić information content (AvgIpc) is 3.40. The second-order valence-electron chi connectivity index (χ2n) is 10.2. The molecule has 0 atom stereocenters. The van der Waals surface area contributed by atoms with E-state index in [-0.39, 0.29) is 17.3 Å². The minimum atomic E-state index is -0.369. The maximum atomic E-state index is 14.1. The fourth-order valence-corrected chi connectivity index (χ4v) is 5.78. The molecule has 2 aliphatic rings. The molecule has 0 radical (unpaired) electrons. The van der Waals surface area contributed by atoms with Crippen LogP contribution in [0.1, 0.15) is 40.9 Å². The Balaban J connectivity index is 1.34. The van der Waals surface area contributed by atoms with Crippen LogP contribution in [0.4, 0.5) is 4.39 Å². The first-order valence-corrected chi connectivity index (χ1v) is 13.2. The second kappa shape index (κ2) is 9.98. The van der Waals surface area contributed by atoms with Crippen molar-refractivity contribution in [3.63, 3.8) is 0 Å². The number of benzene rings is 2. The van der Waals surface area contributed by atoms with E-state index in [0.717, 1.165) is 41.8 Å². The molecular weight excluding hydrogens is 467 g/mol. The number of carbonyl (C=O) groups is 1. The van der Waals surface area contributed by atoms with Gasteiger partial charge in [0.25, 0.3) is 11.5 Å². The molecule has 2 aromatic heterocycles. The molecule has 190 valence electrons. The third-order valence-corrected chi connectivity index (χ3v) is 7.78. The number of rotatable bonds is 5. The molecule has 6 nitrogen and oxygen atoms in total. The first-order valence-electron chi connectivity index (χ1n) is 13.2. The van der Waals surface area contributed by atoms with E-state index >= 15 is 0 Å². The first-order chi connectivity index (χ1) is 18.1. The van der Waals surface area contributed by atoms with E-state index in [9.17, 15) is 14.0 Å². The Morgan fingerprint density at radius 1 is 0.946 bits per heavy atom. The van der Waals surface area contributed by atoms with Crippen molar-refractivity contribution >= 4 is 16.8 Å². The maximum Gasteiger partial charge on any atom is 0.258 e. The van der Waals surface area contributed by atoms with Crippen molar-refractivity contribution in [3.05, 3.63) is 93.8 Å². The van der Waals surface area contributed by atoms with Gasteiger partial charge in [0.05, 0.1) is 0 Å². The normalized spacial score (nSPS) is 16.2. The van der Waals surface area contributed by atoms with Crippen LogP contribution >= 0.6 is 0 Å². The number of H-pyrrole nitrogens is 1. The SMILES string of the molecule is O=C(c1ccc2cc[nH]c2c1)N1CCc2c(cc(-c3cccc(F)c3)c(=O)n2CCN2CCCCC2)C1. The van der Waals surface area contributed by atoms with Gasteiger partial charge in [-0.05, 0) is 78.8 Å². The lowest BCUT2D eigenvalue weighted by molar-refractivity contribution is 0.0732. The van der Waals surface area contributed by atoms with Gasteiger partial charge in [-0.15, -0.1) is 0 Å². The Labute approximate surface area is 215 Å².